The van der Waals surface area contributed by atoms with Crippen LogP contribution in [0, 0.1) is 10.1 Å². The van der Waals surface area contributed by atoms with Crippen LogP contribution < -0.4 is 10.5 Å². The minimum atomic E-state index is -0.719. The van der Waals surface area contributed by atoms with Crippen molar-refractivity contribution in [3.8, 4) is 22.9 Å². The van der Waals surface area contributed by atoms with Crippen molar-refractivity contribution >= 4 is 11.8 Å². The van der Waals surface area contributed by atoms with Crippen molar-refractivity contribution in [3.63, 3.8) is 0 Å². The maximum Gasteiger partial charge on any atom is 0.433 e. The van der Waals surface area contributed by atoms with Gasteiger partial charge >= 0.3 is 5.88 Å². The number of nitrogens with zero attached hydrogens (tertiary/aromatic N) is 3. The number of rotatable bonds is 5. The molecule has 0 bridgehead atoms. The number of furan rings is 1. The Morgan fingerprint density at radius 3 is 2.54 bits per heavy atom. The summed E-state index contributed by atoms with van der Waals surface area (Å²) in [5.41, 5.74) is 6.25. The molecule has 1 amide bonds. The molecule has 0 atom stereocenters. The van der Waals surface area contributed by atoms with E-state index in [1.165, 1.54) is 23.0 Å². The van der Waals surface area contributed by atoms with Crippen LogP contribution in [-0.2, 0) is 0 Å². The first-order valence-corrected chi connectivity index (χ1v) is 6.78. The highest BCUT2D eigenvalue weighted by molar-refractivity contribution is 5.98. The molecule has 0 aliphatic rings. The van der Waals surface area contributed by atoms with Crippen LogP contribution in [0.3, 0.4) is 0 Å². The van der Waals surface area contributed by atoms with Crippen molar-refractivity contribution in [1.82, 2.24) is 9.78 Å². The molecule has 0 aliphatic carbocycles. The zero-order chi connectivity index (χ0) is 17.3. The van der Waals surface area contributed by atoms with Crippen LogP contribution in [-0.4, -0.2) is 27.7 Å². The van der Waals surface area contributed by atoms with Crippen LogP contribution in [0.5, 0.6) is 5.75 Å². The van der Waals surface area contributed by atoms with E-state index in [0.717, 1.165) is 0 Å². The molecule has 3 rings (SSSR count). The van der Waals surface area contributed by atoms with Gasteiger partial charge in [-0.1, -0.05) is 0 Å². The molecule has 0 radical (unpaired) electrons. The van der Waals surface area contributed by atoms with Gasteiger partial charge in [0, 0.05) is 6.20 Å². The maximum atomic E-state index is 11.7. The molecule has 1 aromatic carbocycles. The Morgan fingerprint density at radius 2 is 2.00 bits per heavy atom. The van der Waals surface area contributed by atoms with Gasteiger partial charge in [0.05, 0.1) is 24.4 Å². The highest BCUT2D eigenvalue weighted by Crippen LogP contribution is 2.28. The summed E-state index contributed by atoms with van der Waals surface area (Å²) in [4.78, 5) is 21.7. The van der Waals surface area contributed by atoms with Gasteiger partial charge in [-0.25, -0.2) is 4.68 Å². The lowest BCUT2D eigenvalue weighted by molar-refractivity contribution is -0.401. The molecule has 122 valence electrons. The third-order valence-corrected chi connectivity index (χ3v) is 3.32. The number of carbonyl (C=O) groups is 1. The van der Waals surface area contributed by atoms with Crippen LogP contribution in [0.4, 0.5) is 5.88 Å². The van der Waals surface area contributed by atoms with Gasteiger partial charge in [0.2, 0.25) is 0 Å². The van der Waals surface area contributed by atoms with E-state index >= 15 is 0 Å². The summed E-state index contributed by atoms with van der Waals surface area (Å²) in [6.45, 7) is 0. The van der Waals surface area contributed by atoms with E-state index < -0.39 is 16.7 Å². The molecule has 0 unspecified atom stereocenters. The normalized spacial score (nSPS) is 10.5. The first-order chi connectivity index (χ1) is 11.5. The van der Waals surface area contributed by atoms with Gasteiger partial charge in [-0.05, 0) is 30.3 Å². The molecule has 0 saturated carbocycles. The number of nitrogens with two attached hydrogens (primary N) is 1. The molecule has 24 heavy (non-hydrogen) atoms. The van der Waals surface area contributed by atoms with Crippen molar-refractivity contribution < 1.29 is 18.9 Å². The van der Waals surface area contributed by atoms with E-state index in [4.69, 9.17) is 14.9 Å². The largest absolute Gasteiger partial charge is 0.497 e. The molecule has 9 heteroatoms. The summed E-state index contributed by atoms with van der Waals surface area (Å²) >= 11 is 0. The lowest BCUT2D eigenvalue weighted by Crippen LogP contribution is -2.11. The quantitative estimate of drug-likeness (QED) is 0.565. The van der Waals surface area contributed by atoms with Gasteiger partial charge in [-0.3, -0.25) is 14.9 Å². The molecule has 0 fully saturated rings. The van der Waals surface area contributed by atoms with E-state index in [-0.39, 0.29) is 17.0 Å². The average molecular weight is 328 g/mol. The predicted octanol–water partition coefficient (Wildman–Crippen LogP) is 2.15. The number of aromatic nitrogens is 2. The Balaban J connectivity index is 2.06. The predicted molar refractivity (Wildman–Crippen MR) is 83.0 cm³/mol. The first-order valence-electron chi connectivity index (χ1n) is 6.78. The molecule has 0 saturated heterocycles. The fourth-order valence-corrected chi connectivity index (χ4v) is 2.16. The second-order valence-electron chi connectivity index (χ2n) is 4.79. The van der Waals surface area contributed by atoms with Crippen molar-refractivity contribution in [1.29, 1.82) is 0 Å². The number of hydrogen-bond donors (Lipinski definition) is 1. The lowest BCUT2D eigenvalue weighted by Gasteiger charge is -2.02. The Kier molecular flexibility index (Phi) is 3.74. The Bertz CT molecular complexity index is 910. The third-order valence-electron chi connectivity index (χ3n) is 3.32. The molecular weight excluding hydrogens is 316 g/mol. The number of ether oxygens (including phenoxy) is 1. The third kappa shape index (κ3) is 2.70. The Hall–Kier alpha value is -3.62. The Labute approximate surface area is 135 Å². The van der Waals surface area contributed by atoms with Crippen molar-refractivity contribution in [3.05, 3.63) is 58.3 Å². The van der Waals surface area contributed by atoms with E-state index in [1.807, 2.05) is 0 Å². The van der Waals surface area contributed by atoms with E-state index in [9.17, 15) is 14.9 Å². The second kappa shape index (κ2) is 5.88. The van der Waals surface area contributed by atoms with Gasteiger partial charge < -0.3 is 14.9 Å². The molecule has 3 aromatic rings. The van der Waals surface area contributed by atoms with Crippen LogP contribution in [0.25, 0.3) is 17.1 Å². The number of benzene rings is 1. The molecule has 2 heterocycles. The Morgan fingerprint density at radius 1 is 1.29 bits per heavy atom. The van der Waals surface area contributed by atoms with Gasteiger partial charge in [-0.15, -0.1) is 0 Å². The van der Waals surface area contributed by atoms with Crippen molar-refractivity contribution in [2.75, 3.05) is 7.11 Å². The fourth-order valence-electron chi connectivity index (χ4n) is 2.16. The van der Waals surface area contributed by atoms with Gasteiger partial charge in [0.1, 0.15) is 16.4 Å². The molecular formula is C15H12N4O5. The number of carbonyl (C=O) groups excluding carboxylic acids is 1. The monoisotopic (exact) mass is 328 g/mol. The van der Waals surface area contributed by atoms with Crippen LogP contribution in [0.1, 0.15) is 10.4 Å². The zero-order valence-electron chi connectivity index (χ0n) is 12.5. The smallest absolute Gasteiger partial charge is 0.433 e. The molecule has 0 spiro atoms. The molecule has 2 aromatic heterocycles. The number of hydrogen-bond acceptors (Lipinski definition) is 6. The summed E-state index contributed by atoms with van der Waals surface area (Å²) in [5, 5.41) is 15.0. The highest BCUT2D eigenvalue weighted by Gasteiger charge is 2.22. The highest BCUT2D eigenvalue weighted by atomic mass is 16.6. The van der Waals surface area contributed by atoms with E-state index in [1.54, 1.807) is 31.4 Å². The van der Waals surface area contributed by atoms with Crippen molar-refractivity contribution in [2.45, 2.75) is 0 Å². The van der Waals surface area contributed by atoms with Gasteiger partial charge in [-0.2, -0.15) is 5.10 Å². The SMILES string of the molecule is COc1ccc(-n2cc(C(N)=O)c(-c3ccc([N+](=O)[O-])o3)n2)cc1. The summed E-state index contributed by atoms with van der Waals surface area (Å²) in [6, 6.07) is 9.50. The average Bonchev–Trinajstić information content (AvgIpc) is 3.21. The molecule has 0 aliphatic heterocycles. The summed E-state index contributed by atoms with van der Waals surface area (Å²) < 4.78 is 11.6. The number of primary amides is 1. The lowest BCUT2D eigenvalue weighted by atomic mass is 10.2. The van der Waals surface area contributed by atoms with Gasteiger partial charge in [0.25, 0.3) is 5.91 Å². The van der Waals surface area contributed by atoms with Crippen LogP contribution >= 0.6 is 0 Å². The minimum absolute atomic E-state index is 0.0859. The summed E-state index contributed by atoms with van der Waals surface area (Å²) in [7, 11) is 1.55. The number of amides is 1. The van der Waals surface area contributed by atoms with Gasteiger partial charge in [0.15, 0.2) is 5.76 Å². The van der Waals surface area contributed by atoms with Crippen LogP contribution in [0.15, 0.2) is 47.0 Å². The standard InChI is InChI=1S/C15H12N4O5/c1-23-10-4-2-9(3-5-10)18-8-11(15(16)20)14(17-18)12-6-7-13(24-12)19(21)22/h2-8H,1H3,(H2,16,20). The first kappa shape index (κ1) is 15.3. The molecule has 9 nitrogen and oxygen atoms in total. The fraction of sp³-hybridized carbons (Fsp3) is 0.0667. The van der Waals surface area contributed by atoms with Crippen molar-refractivity contribution in [2.24, 2.45) is 5.73 Å². The molecule has 2 N–H and O–H groups in total. The van der Waals surface area contributed by atoms with Crippen LogP contribution in [0.2, 0.25) is 0 Å². The summed E-state index contributed by atoms with van der Waals surface area (Å²) in [5.74, 6) is -0.408. The number of methoxy groups -OCH3 is 1. The van der Waals surface area contributed by atoms with E-state index in [0.29, 0.717) is 11.4 Å². The second-order valence-corrected chi connectivity index (χ2v) is 4.79. The zero-order valence-corrected chi connectivity index (χ0v) is 12.5. The number of nitro groups is 1. The minimum Gasteiger partial charge on any atom is -0.497 e. The van der Waals surface area contributed by atoms with E-state index in [2.05, 4.69) is 5.10 Å². The maximum absolute atomic E-state index is 11.7. The summed E-state index contributed by atoms with van der Waals surface area (Å²) in [6.07, 6.45) is 1.44. The topological polar surface area (TPSA) is 126 Å².